The van der Waals surface area contributed by atoms with Gasteiger partial charge in [-0.15, -0.1) is 0 Å². The van der Waals surface area contributed by atoms with Crippen LogP contribution in [0.15, 0.2) is 12.2 Å². The van der Waals surface area contributed by atoms with Gasteiger partial charge in [0.1, 0.15) is 11.6 Å². The summed E-state index contributed by atoms with van der Waals surface area (Å²) in [5.74, 6) is 3.14. The van der Waals surface area contributed by atoms with E-state index in [9.17, 15) is 9.59 Å². The van der Waals surface area contributed by atoms with Crippen LogP contribution in [0, 0.1) is 34.5 Å². The van der Waals surface area contributed by atoms with Gasteiger partial charge in [0.25, 0.3) is 0 Å². The first-order valence-corrected chi connectivity index (χ1v) is 9.09. The Bertz CT molecular complexity index is 562. The number of fused-ring (bicyclic) bond motifs is 5. The lowest BCUT2D eigenvalue weighted by Gasteiger charge is -2.60. The smallest absolute Gasteiger partial charge is 0.139 e. The van der Waals surface area contributed by atoms with E-state index in [1.807, 2.05) is 0 Å². The van der Waals surface area contributed by atoms with E-state index in [1.54, 1.807) is 0 Å². The number of ketones is 2. The number of carbonyl (C=O) groups excluding carboxylic acids is 2. The molecule has 0 aromatic heterocycles. The van der Waals surface area contributed by atoms with Gasteiger partial charge in [0.2, 0.25) is 0 Å². The van der Waals surface area contributed by atoms with E-state index in [1.165, 1.54) is 5.57 Å². The Hall–Kier alpha value is -0.920. The maximum absolute atomic E-state index is 12.4. The molecule has 0 aromatic carbocycles. The fraction of sp³-hybridized carbons (Fsp3) is 0.800. The predicted octanol–water partition coefficient (Wildman–Crippen LogP) is 4.33. The molecule has 0 radical (unpaired) electrons. The Morgan fingerprint density at radius 1 is 1.00 bits per heavy atom. The summed E-state index contributed by atoms with van der Waals surface area (Å²) in [4.78, 5) is 24.4. The molecule has 0 heterocycles. The molecule has 4 rings (SSSR count). The molecule has 0 saturated heterocycles. The standard InChI is InChI=1S/C20H28O2/c1-12-10-13-11-14(21)6-8-19(13,2)16-7-9-20(3)15(18(12)16)4-5-17(20)22/h13,15-16,18H,1,4-11H2,2-3H3/t13?,15-,16+,18-,19-,20-/m0/s1. The first-order valence-electron chi connectivity index (χ1n) is 9.09. The molecule has 0 aliphatic heterocycles. The van der Waals surface area contributed by atoms with Gasteiger partial charge in [-0.25, -0.2) is 0 Å². The molecule has 2 heteroatoms. The number of allylic oxidation sites excluding steroid dienone is 1. The molecule has 4 aliphatic carbocycles. The molecule has 2 nitrogen and oxygen atoms in total. The van der Waals surface area contributed by atoms with Crippen LogP contribution >= 0.6 is 0 Å². The van der Waals surface area contributed by atoms with Crippen LogP contribution < -0.4 is 0 Å². The van der Waals surface area contributed by atoms with Crippen molar-refractivity contribution >= 4 is 11.6 Å². The van der Waals surface area contributed by atoms with Crippen molar-refractivity contribution in [3.63, 3.8) is 0 Å². The van der Waals surface area contributed by atoms with Crippen molar-refractivity contribution in [1.82, 2.24) is 0 Å². The normalized spacial score (nSPS) is 51.3. The lowest BCUT2D eigenvalue weighted by atomic mass is 9.44. The molecule has 6 atom stereocenters. The van der Waals surface area contributed by atoms with Crippen LogP contribution in [0.25, 0.3) is 0 Å². The predicted molar refractivity (Wildman–Crippen MR) is 86.3 cm³/mol. The molecule has 4 aliphatic rings. The van der Waals surface area contributed by atoms with Gasteiger partial charge in [-0.1, -0.05) is 26.0 Å². The van der Waals surface area contributed by atoms with Crippen molar-refractivity contribution in [2.24, 2.45) is 34.5 Å². The van der Waals surface area contributed by atoms with Crippen LogP contribution in [0.5, 0.6) is 0 Å². The molecule has 120 valence electrons. The third kappa shape index (κ3) is 1.73. The minimum atomic E-state index is -0.0855. The molecule has 1 unspecified atom stereocenters. The fourth-order valence-corrected chi connectivity index (χ4v) is 6.69. The number of Topliss-reactive ketones (excluding diaryl/α,β-unsaturated/α-hetero) is 2. The fourth-order valence-electron chi connectivity index (χ4n) is 6.69. The first kappa shape index (κ1) is 14.7. The molecule has 0 N–H and O–H groups in total. The summed E-state index contributed by atoms with van der Waals surface area (Å²) in [5, 5.41) is 0. The van der Waals surface area contributed by atoms with Crippen molar-refractivity contribution in [3.8, 4) is 0 Å². The highest BCUT2D eigenvalue weighted by molar-refractivity contribution is 5.87. The summed E-state index contributed by atoms with van der Waals surface area (Å²) < 4.78 is 0. The second-order valence-electron chi connectivity index (χ2n) is 8.96. The van der Waals surface area contributed by atoms with Crippen molar-refractivity contribution in [2.45, 2.75) is 65.2 Å². The average Bonchev–Trinajstić information content (AvgIpc) is 2.77. The zero-order valence-corrected chi connectivity index (χ0v) is 14.0. The Balaban J connectivity index is 1.72. The first-order chi connectivity index (χ1) is 10.4. The molecule has 0 spiro atoms. The Morgan fingerprint density at radius 3 is 2.55 bits per heavy atom. The maximum Gasteiger partial charge on any atom is 0.139 e. The van der Waals surface area contributed by atoms with E-state index < -0.39 is 0 Å². The second-order valence-corrected chi connectivity index (χ2v) is 8.96. The Labute approximate surface area is 133 Å². The summed E-state index contributed by atoms with van der Waals surface area (Å²) >= 11 is 0. The van der Waals surface area contributed by atoms with Crippen molar-refractivity contribution in [1.29, 1.82) is 0 Å². The molecule has 0 amide bonds. The van der Waals surface area contributed by atoms with E-state index in [-0.39, 0.29) is 5.41 Å². The maximum atomic E-state index is 12.4. The van der Waals surface area contributed by atoms with E-state index >= 15 is 0 Å². The highest BCUT2D eigenvalue weighted by atomic mass is 16.1. The number of carbonyl (C=O) groups is 2. The van der Waals surface area contributed by atoms with Gasteiger partial charge in [0, 0.05) is 24.7 Å². The van der Waals surface area contributed by atoms with Gasteiger partial charge in [-0.3, -0.25) is 9.59 Å². The summed E-state index contributed by atoms with van der Waals surface area (Å²) in [6.45, 7) is 9.10. The van der Waals surface area contributed by atoms with Crippen LogP contribution in [0.2, 0.25) is 0 Å². The molecule has 22 heavy (non-hydrogen) atoms. The van der Waals surface area contributed by atoms with Crippen LogP contribution in [0.1, 0.15) is 65.2 Å². The Morgan fingerprint density at radius 2 is 1.77 bits per heavy atom. The van der Waals surface area contributed by atoms with Crippen LogP contribution in [0.4, 0.5) is 0 Å². The molecular weight excluding hydrogens is 272 g/mol. The third-order valence-electron chi connectivity index (χ3n) is 8.16. The monoisotopic (exact) mass is 300 g/mol. The van der Waals surface area contributed by atoms with Crippen LogP contribution in [-0.4, -0.2) is 11.6 Å². The van der Waals surface area contributed by atoms with Gasteiger partial charge < -0.3 is 0 Å². The second kappa shape index (κ2) is 4.55. The van der Waals surface area contributed by atoms with Gasteiger partial charge in [-0.2, -0.15) is 0 Å². The van der Waals surface area contributed by atoms with Crippen LogP contribution in [-0.2, 0) is 9.59 Å². The van der Waals surface area contributed by atoms with Gasteiger partial charge in [0.05, 0.1) is 0 Å². The topological polar surface area (TPSA) is 34.1 Å². The summed E-state index contributed by atoms with van der Waals surface area (Å²) in [6, 6.07) is 0. The van der Waals surface area contributed by atoms with E-state index in [0.29, 0.717) is 40.7 Å². The molecule has 0 aromatic rings. The number of hydrogen-bond donors (Lipinski definition) is 0. The molecule has 4 fully saturated rings. The van der Waals surface area contributed by atoms with Gasteiger partial charge >= 0.3 is 0 Å². The molecular formula is C20H28O2. The SMILES string of the molecule is C=C1CC2CC(=O)CC[C@]2(C)[C@@H]2CC[C@]3(C)C(=O)CC[C@H]3[C@H]12. The lowest BCUT2D eigenvalue weighted by molar-refractivity contribution is -0.138. The summed E-state index contributed by atoms with van der Waals surface area (Å²) in [7, 11) is 0. The largest absolute Gasteiger partial charge is 0.300 e. The summed E-state index contributed by atoms with van der Waals surface area (Å²) in [6.07, 6.45) is 7.66. The van der Waals surface area contributed by atoms with Crippen molar-refractivity contribution in [2.75, 3.05) is 0 Å². The molecule has 4 saturated carbocycles. The Kier molecular flexibility index (Phi) is 3.03. The highest BCUT2D eigenvalue weighted by Gasteiger charge is 2.61. The zero-order valence-electron chi connectivity index (χ0n) is 14.0. The van der Waals surface area contributed by atoms with E-state index in [4.69, 9.17) is 0 Å². The van der Waals surface area contributed by atoms with E-state index in [0.717, 1.165) is 51.4 Å². The minimum Gasteiger partial charge on any atom is -0.300 e. The van der Waals surface area contributed by atoms with Gasteiger partial charge in [-0.05, 0) is 61.2 Å². The highest BCUT2D eigenvalue weighted by Crippen LogP contribution is 2.66. The van der Waals surface area contributed by atoms with E-state index in [2.05, 4.69) is 20.4 Å². The molecule has 0 bridgehead atoms. The zero-order chi connectivity index (χ0) is 15.7. The van der Waals surface area contributed by atoms with Crippen LogP contribution in [0.3, 0.4) is 0 Å². The number of hydrogen-bond acceptors (Lipinski definition) is 2. The third-order valence-corrected chi connectivity index (χ3v) is 8.16. The quantitative estimate of drug-likeness (QED) is 0.624. The van der Waals surface area contributed by atoms with Crippen molar-refractivity contribution in [3.05, 3.63) is 12.2 Å². The summed E-state index contributed by atoms with van der Waals surface area (Å²) in [5.41, 5.74) is 1.57. The number of rotatable bonds is 0. The minimum absolute atomic E-state index is 0.0855. The van der Waals surface area contributed by atoms with Gasteiger partial charge in [0.15, 0.2) is 0 Å². The average molecular weight is 300 g/mol. The lowest BCUT2D eigenvalue weighted by Crippen LogP contribution is -2.54. The van der Waals surface area contributed by atoms with Crippen molar-refractivity contribution < 1.29 is 9.59 Å².